The fraction of sp³-hybridized carbons (Fsp3) is 0.320. The van der Waals surface area contributed by atoms with E-state index in [2.05, 4.69) is 4.99 Å². The van der Waals surface area contributed by atoms with Gasteiger partial charge < -0.3 is 19.0 Å². The zero-order chi connectivity index (χ0) is 24.6. The molecule has 9 heteroatoms. The molecule has 34 heavy (non-hydrogen) atoms. The molecule has 0 radical (unpaired) electrons. The van der Waals surface area contributed by atoms with Gasteiger partial charge in [-0.2, -0.15) is 0 Å². The van der Waals surface area contributed by atoms with Gasteiger partial charge in [0.2, 0.25) is 0 Å². The quantitative estimate of drug-likeness (QED) is 0.505. The van der Waals surface area contributed by atoms with Crippen molar-refractivity contribution in [2.75, 3.05) is 44.6 Å². The van der Waals surface area contributed by atoms with E-state index in [1.54, 1.807) is 24.5 Å². The number of carbonyl (C=O) groups is 1. The van der Waals surface area contributed by atoms with Crippen LogP contribution in [0.2, 0.25) is 0 Å². The highest BCUT2D eigenvalue weighted by atomic mass is 32.1. The molecule has 1 aliphatic rings. The molecule has 0 saturated carbocycles. The number of ether oxygens (including phenoxy) is 1. The molecule has 0 saturated heterocycles. The lowest BCUT2D eigenvalue weighted by molar-refractivity contribution is -0.139. The maximum atomic E-state index is 13.6. The lowest BCUT2D eigenvalue weighted by atomic mass is 9.95. The number of benzene rings is 1. The maximum Gasteiger partial charge on any atom is 0.338 e. The number of esters is 1. The zero-order valence-corrected chi connectivity index (χ0v) is 21.0. The summed E-state index contributed by atoms with van der Waals surface area (Å²) in [6, 6.07) is 10.8. The van der Waals surface area contributed by atoms with Gasteiger partial charge >= 0.3 is 5.97 Å². The molecule has 0 amide bonds. The number of thiazole rings is 1. The predicted octanol–water partition coefficient (Wildman–Crippen LogP) is 2.52. The second-order valence-corrected chi connectivity index (χ2v) is 9.37. The molecule has 0 fully saturated rings. The van der Waals surface area contributed by atoms with E-state index >= 15 is 0 Å². The van der Waals surface area contributed by atoms with E-state index in [1.165, 1.54) is 11.3 Å². The highest BCUT2D eigenvalue weighted by molar-refractivity contribution is 7.07. The van der Waals surface area contributed by atoms with Gasteiger partial charge in [0.1, 0.15) is 5.76 Å². The Morgan fingerprint density at radius 2 is 1.85 bits per heavy atom. The fourth-order valence-corrected chi connectivity index (χ4v) is 4.88. The van der Waals surface area contributed by atoms with E-state index in [-0.39, 0.29) is 12.2 Å². The fourth-order valence-electron chi connectivity index (χ4n) is 3.85. The minimum atomic E-state index is -0.636. The summed E-state index contributed by atoms with van der Waals surface area (Å²) in [7, 11) is 7.70. The Morgan fingerprint density at radius 3 is 2.44 bits per heavy atom. The van der Waals surface area contributed by atoms with Crippen LogP contribution in [0.25, 0.3) is 6.08 Å². The normalized spacial score (nSPS) is 15.7. The Morgan fingerprint density at radius 1 is 1.15 bits per heavy atom. The summed E-state index contributed by atoms with van der Waals surface area (Å²) in [4.78, 5) is 35.5. The molecule has 0 spiro atoms. The van der Waals surface area contributed by atoms with Gasteiger partial charge in [0.05, 0.1) is 28.5 Å². The van der Waals surface area contributed by atoms with Crippen LogP contribution in [0.5, 0.6) is 0 Å². The molecular weight excluding hydrogens is 452 g/mol. The summed E-state index contributed by atoms with van der Waals surface area (Å²) >= 11 is 1.27. The van der Waals surface area contributed by atoms with E-state index < -0.39 is 12.0 Å². The standard InChI is InChI=1S/C25H28N4O4S/c1-7-32-24(31)21-15(2)26-25-29(22(21)16-8-10-17(11-9-16)27(3)4)23(30)19(34-25)14-18-12-13-20(33-18)28(5)6/h8-14,22H,7H2,1-6H3/b19-14-. The van der Waals surface area contributed by atoms with Crippen LogP contribution < -0.4 is 24.7 Å². The zero-order valence-electron chi connectivity index (χ0n) is 20.2. The largest absolute Gasteiger partial charge is 0.463 e. The summed E-state index contributed by atoms with van der Waals surface area (Å²) in [6.45, 7) is 3.77. The Kier molecular flexibility index (Phi) is 6.47. The number of hydrogen-bond acceptors (Lipinski definition) is 8. The summed E-state index contributed by atoms with van der Waals surface area (Å²) in [5, 5.41) is 0. The number of furan rings is 1. The number of anilines is 2. The van der Waals surface area contributed by atoms with Crippen LogP contribution in [0.1, 0.15) is 31.2 Å². The molecule has 1 unspecified atom stereocenters. The van der Waals surface area contributed by atoms with Crippen LogP contribution in [0.15, 0.2) is 61.9 Å². The van der Waals surface area contributed by atoms with Crippen LogP contribution in [0.4, 0.5) is 11.6 Å². The first kappa shape index (κ1) is 23.6. The number of allylic oxidation sites excluding steroid dienone is 1. The topological polar surface area (TPSA) is 80.3 Å². The van der Waals surface area contributed by atoms with Crippen LogP contribution in [-0.4, -0.2) is 45.3 Å². The Labute approximate surface area is 201 Å². The van der Waals surface area contributed by atoms with Gasteiger partial charge in [-0.1, -0.05) is 23.5 Å². The summed E-state index contributed by atoms with van der Waals surface area (Å²) in [6.07, 6.45) is 1.71. The number of aromatic nitrogens is 1. The third-order valence-electron chi connectivity index (χ3n) is 5.57. The summed E-state index contributed by atoms with van der Waals surface area (Å²) in [5.41, 5.74) is 2.50. The monoisotopic (exact) mass is 480 g/mol. The number of rotatable bonds is 6. The van der Waals surface area contributed by atoms with Crippen LogP contribution in [0.3, 0.4) is 0 Å². The lowest BCUT2D eigenvalue weighted by Crippen LogP contribution is -2.39. The summed E-state index contributed by atoms with van der Waals surface area (Å²) in [5.74, 6) is 0.793. The summed E-state index contributed by atoms with van der Waals surface area (Å²) < 4.78 is 13.2. The molecule has 178 valence electrons. The average Bonchev–Trinajstić information content (AvgIpc) is 3.38. The smallest absolute Gasteiger partial charge is 0.338 e. The van der Waals surface area contributed by atoms with Crippen molar-refractivity contribution in [2.24, 2.45) is 4.99 Å². The SMILES string of the molecule is CCOC(=O)C1=C(C)N=c2s/c(=C\c3ccc(N(C)C)o3)c(=O)n2C1c1ccc(N(C)C)cc1. The minimum absolute atomic E-state index is 0.234. The average molecular weight is 481 g/mol. The first-order chi connectivity index (χ1) is 16.2. The number of nitrogens with zero attached hydrogens (tertiary/aromatic N) is 4. The van der Waals surface area contributed by atoms with Crippen molar-refractivity contribution in [2.45, 2.75) is 19.9 Å². The van der Waals surface area contributed by atoms with Crippen molar-refractivity contribution in [3.05, 3.63) is 78.7 Å². The number of hydrogen-bond donors (Lipinski definition) is 0. The van der Waals surface area contributed by atoms with Gasteiger partial charge in [0, 0.05) is 46.0 Å². The van der Waals surface area contributed by atoms with E-state index in [0.717, 1.165) is 11.3 Å². The Hall–Kier alpha value is -3.59. The van der Waals surface area contributed by atoms with Crippen molar-refractivity contribution >= 4 is 35.0 Å². The molecule has 0 N–H and O–H groups in total. The molecule has 2 aromatic heterocycles. The lowest BCUT2D eigenvalue weighted by Gasteiger charge is -2.25. The van der Waals surface area contributed by atoms with Crippen molar-refractivity contribution < 1.29 is 13.9 Å². The molecule has 0 aliphatic carbocycles. The highest BCUT2D eigenvalue weighted by Crippen LogP contribution is 2.31. The minimum Gasteiger partial charge on any atom is -0.463 e. The molecule has 1 atom stereocenters. The van der Waals surface area contributed by atoms with Crippen molar-refractivity contribution in [1.82, 2.24) is 4.57 Å². The first-order valence-electron chi connectivity index (χ1n) is 11.0. The van der Waals surface area contributed by atoms with Gasteiger partial charge in [-0.05, 0) is 37.6 Å². The van der Waals surface area contributed by atoms with Gasteiger partial charge in [-0.3, -0.25) is 9.36 Å². The van der Waals surface area contributed by atoms with Crippen LogP contribution >= 0.6 is 11.3 Å². The first-order valence-corrected chi connectivity index (χ1v) is 11.8. The third-order valence-corrected chi connectivity index (χ3v) is 6.55. The van der Waals surface area contributed by atoms with Crippen LogP contribution in [-0.2, 0) is 9.53 Å². The van der Waals surface area contributed by atoms with E-state index in [0.29, 0.717) is 32.2 Å². The van der Waals surface area contributed by atoms with Crippen molar-refractivity contribution in [3.8, 4) is 0 Å². The highest BCUT2D eigenvalue weighted by Gasteiger charge is 2.33. The van der Waals surface area contributed by atoms with E-state index in [4.69, 9.17) is 9.15 Å². The van der Waals surface area contributed by atoms with Crippen LogP contribution in [0, 0.1) is 0 Å². The van der Waals surface area contributed by atoms with E-state index in [9.17, 15) is 9.59 Å². The van der Waals surface area contributed by atoms with Gasteiger partial charge in [0.15, 0.2) is 10.7 Å². The van der Waals surface area contributed by atoms with Crippen molar-refractivity contribution in [1.29, 1.82) is 0 Å². The molecule has 3 heterocycles. The van der Waals surface area contributed by atoms with Gasteiger partial charge in [-0.25, -0.2) is 9.79 Å². The molecule has 4 rings (SSSR count). The predicted molar refractivity (Wildman–Crippen MR) is 134 cm³/mol. The molecule has 1 aromatic carbocycles. The second-order valence-electron chi connectivity index (χ2n) is 8.36. The molecule has 8 nitrogen and oxygen atoms in total. The number of fused-ring (bicyclic) bond motifs is 1. The molecule has 1 aliphatic heterocycles. The second kappa shape index (κ2) is 9.34. The molecular formula is C25H28N4O4S. The third kappa shape index (κ3) is 4.31. The Bertz CT molecular complexity index is 1420. The van der Waals surface area contributed by atoms with Gasteiger partial charge in [-0.15, -0.1) is 0 Å². The van der Waals surface area contributed by atoms with Gasteiger partial charge in [0.25, 0.3) is 5.56 Å². The Balaban J connectivity index is 1.90. The van der Waals surface area contributed by atoms with E-state index in [1.807, 2.05) is 74.4 Å². The maximum absolute atomic E-state index is 13.6. The van der Waals surface area contributed by atoms with Crippen molar-refractivity contribution in [3.63, 3.8) is 0 Å². The number of carbonyl (C=O) groups excluding carboxylic acids is 1. The molecule has 3 aromatic rings. The molecule has 0 bridgehead atoms.